The van der Waals surface area contributed by atoms with Gasteiger partial charge in [-0.15, -0.1) is 0 Å². The fourth-order valence-electron chi connectivity index (χ4n) is 3.73. The molecule has 4 aromatic carbocycles. The lowest BCUT2D eigenvalue weighted by molar-refractivity contribution is -0.136. The van der Waals surface area contributed by atoms with E-state index in [0.29, 0.717) is 22.4 Å². The number of carbonyl (C=O) groups is 2. The van der Waals surface area contributed by atoms with E-state index in [1.165, 1.54) is 49.5 Å². The second-order valence-electron chi connectivity index (χ2n) is 8.45. The predicted octanol–water partition coefficient (Wildman–Crippen LogP) is 3.80. The minimum atomic E-state index is -4.10. The topological polar surface area (TPSA) is 134 Å². The lowest BCUT2D eigenvalue weighted by Crippen LogP contribution is -2.43. The van der Waals surface area contributed by atoms with Crippen LogP contribution in [0.1, 0.15) is 23.6 Å². The van der Waals surface area contributed by atoms with Gasteiger partial charge in [0.1, 0.15) is 10.6 Å². The number of benzene rings is 4. The maximum atomic E-state index is 13.1. The second-order valence-corrected chi connectivity index (χ2v) is 10.00. The molecule has 9 nitrogen and oxygen atoms in total. The van der Waals surface area contributed by atoms with Crippen LogP contribution >= 0.6 is 0 Å². The van der Waals surface area contributed by atoms with Crippen LogP contribution in [-0.4, -0.2) is 31.6 Å². The molecule has 0 aliphatic carbocycles. The van der Waals surface area contributed by atoms with E-state index in [4.69, 9.17) is 4.18 Å². The van der Waals surface area contributed by atoms with Gasteiger partial charge in [-0.25, -0.2) is 5.43 Å². The molecule has 0 radical (unpaired) electrons. The number of anilines is 1. The zero-order valence-corrected chi connectivity index (χ0v) is 21.6. The summed E-state index contributed by atoms with van der Waals surface area (Å²) in [6.07, 6.45) is 1.35. The Bertz CT molecular complexity index is 1530. The van der Waals surface area contributed by atoms with Crippen molar-refractivity contribution in [3.8, 4) is 5.75 Å². The van der Waals surface area contributed by atoms with E-state index in [1.807, 2.05) is 0 Å². The zero-order chi connectivity index (χ0) is 27.9. The largest absolute Gasteiger partial charge is 0.379 e. The number of hydrogen-bond donors (Lipinski definition) is 3. The Hall–Kier alpha value is -4.80. The Balaban J connectivity index is 1.43. The van der Waals surface area contributed by atoms with Crippen LogP contribution < -0.4 is 14.9 Å². The summed E-state index contributed by atoms with van der Waals surface area (Å²) >= 11 is 0. The highest BCUT2D eigenvalue weighted by atomic mass is 32.2. The molecule has 0 aliphatic rings. The first-order chi connectivity index (χ1) is 18.7. The van der Waals surface area contributed by atoms with Crippen LogP contribution in [0.5, 0.6) is 5.75 Å². The average molecular weight is 544 g/mol. The quantitative estimate of drug-likeness (QED) is 0.167. The van der Waals surface area contributed by atoms with Gasteiger partial charge >= 0.3 is 10.1 Å². The van der Waals surface area contributed by atoms with E-state index >= 15 is 0 Å². The first-order valence-electron chi connectivity index (χ1n) is 11.8. The minimum Gasteiger partial charge on any atom is -0.379 e. The highest BCUT2D eigenvalue weighted by molar-refractivity contribution is 7.87. The molecule has 2 amide bonds. The first kappa shape index (κ1) is 27.2. The summed E-state index contributed by atoms with van der Waals surface area (Å²) in [7, 11) is -4.10. The van der Waals surface area contributed by atoms with Crippen LogP contribution in [0, 0.1) is 0 Å². The standard InChI is InChI=1S/C29H25N3O6S/c1-21(33)31-25-14-18-27(19-15-25)39(36,37)38-26-16-12-22(13-17-26)20-30-32-28(34)29(35,23-8-4-2-5-9-23)24-10-6-3-7-11-24/h2-20,35H,1H3,(H,31,33)(H,32,34). The lowest BCUT2D eigenvalue weighted by atomic mass is 9.85. The molecule has 3 N–H and O–H groups in total. The van der Waals surface area contributed by atoms with Gasteiger partial charge in [0.25, 0.3) is 5.91 Å². The van der Waals surface area contributed by atoms with E-state index < -0.39 is 21.6 Å². The summed E-state index contributed by atoms with van der Waals surface area (Å²) in [6.45, 7) is 1.35. The van der Waals surface area contributed by atoms with Gasteiger partial charge in [0.2, 0.25) is 5.91 Å². The van der Waals surface area contributed by atoms with Crippen molar-refractivity contribution in [2.24, 2.45) is 5.10 Å². The van der Waals surface area contributed by atoms with Crippen LogP contribution in [0.25, 0.3) is 0 Å². The van der Waals surface area contributed by atoms with Crippen LogP contribution in [0.15, 0.2) is 119 Å². The van der Waals surface area contributed by atoms with Crippen molar-refractivity contribution in [2.45, 2.75) is 17.4 Å². The third-order valence-corrected chi connectivity index (χ3v) is 6.90. The molecule has 10 heteroatoms. The zero-order valence-electron chi connectivity index (χ0n) is 20.8. The lowest BCUT2D eigenvalue weighted by Gasteiger charge is -2.27. The van der Waals surface area contributed by atoms with Gasteiger partial charge in [-0.05, 0) is 65.2 Å². The Kier molecular flexibility index (Phi) is 8.18. The number of nitrogens with zero attached hydrogens (tertiary/aromatic N) is 1. The molecule has 0 unspecified atom stereocenters. The summed E-state index contributed by atoms with van der Waals surface area (Å²) in [5.41, 5.74) is 2.20. The number of rotatable bonds is 9. The molecule has 0 aliphatic heterocycles. The summed E-state index contributed by atoms with van der Waals surface area (Å²) < 4.78 is 30.4. The number of carbonyl (C=O) groups excluding carboxylic acids is 2. The van der Waals surface area contributed by atoms with Gasteiger partial charge < -0.3 is 14.6 Å². The summed E-state index contributed by atoms with van der Waals surface area (Å²) in [6, 6.07) is 28.7. The average Bonchev–Trinajstić information content (AvgIpc) is 2.94. The van der Waals surface area contributed by atoms with Gasteiger partial charge in [-0.3, -0.25) is 9.59 Å². The summed E-state index contributed by atoms with van der Waals surface area (Å²) in [5, 5.41) is 18.0. The molecule has 0 saturated heterocycles. The summed E-state index contributed by atoms with van der Waals surface area (Å²) in [4.78, 5) is 24.1. The predicted molar refractivity (Wildman–Crippen MR) is 147 cm³/mol. The minimum absolute atomic E-state index is 0.0738. The van der Waals surface area contributed by atoms with Crippen molar-refractivity contribution in [2.75, 3.05) is 5.32 Å². The van der Waals surface area contributed by atoms with Crippen molar-refractivity contribution in [3.05, 3.63) is 126 Å². The smallest absolute Gasteiger partial charge is 0.339 e. The van der Waals surface area contributed by atoms with Gasteiger partial charge in [0, 0.05) is 12.6 Å². The maximum Gasteiger partial charge on any atom is 0.339 e. The molecule has 0 saturated carbocycles. The van der Waals surface area contributed by atoms with Gasteiger partial charge in [0.15, 0.2) is 5.60 Å². The molecule has 0 atom stereocenters. The van der Waals surface area contributed by atoms with Crippen molar-refractivity contribution in [3.63, 3.8) is 0 Å². The molecule has 4 aromatic rings. The van der Waals surface area contributed by atoms with Crippen molar-refractivity contribution in [1.29, 1.82) is 0 Å². The highest BCUT2D eigenvalue weighted by Crippen LogP contribution is 2.30. The van der Waals surface area contributed by atoms with Crippen molar-refractivity contribution in [1.82, 2.24) is 5.43 Å². The highest BCUT2D eigenvalue weighted by Gasteiger charge is 2.39. The van der Waals surface area contributed by atoms with Crippen LogP contribution in [-0.2, 0) is 25.3 Å². The first-order valence-corrected chi connectivity index (χ1v) is 13.2. The molecule has 0 fully saturated rings. The number of amides is 2. The Labute approximate surface area is 225 Å². The van der Waals surface area contributed by atoms with E-state index in [2.05, 4.69) is 15.8 Å². The molecule has 0 aromatic heterocycles. The van der Waals surface area contributed by atoms with Crippen molar-refractivity contribution >= 4 is 33.8 Å². The van der Waals surface area contributed by atoms with Gasteiger partial charge in [-0.2, -0.15) is 13.5 Å². The van der Waals surface area contributed by atoms with Gasteiger partial charge in [-0.1, -0.05) is 60.7 Å². The number of hydrogen-bond acceptors (Lipinski definition) is 7. The van der Waals surface area contributed by atoms with Crippen LogP contribution in [0.4, 0.5) is 5.69 Å². The fraction of sp³-hybridized carbons (Fsp3) is 0.0690. The van der Waals surface area contributed by atoms with Crippen LogP contribution in [0.2, 0.25) is 0 Å². The number of hydrazone groups is 1. The van der Waals surface area contributed by atoms with Crippen molar-refractivity contribution < 1.29 is 27.3 Å². The normalized spacial score (nSPS) is 11.6. The van der Waals surface area contributed by atoms with Crippen LogP contribution in [0.3, 0.4) is 0 Å². The molecule has 4 rings (SSSR count). The third-order valence-electron chi connectivity index (χ3n) is 5.64. The van der Waals surface area contributed by atoms with Gasteiger partial charge in [0.05, 0.1) is 6.21 Å². The second kappa shape index (κ2) is 11.7. The Morgan fingerprint density at radius 2 is 1.36 bits per heavy atom. The molecule has 0 heterocycles. The monoisotopic (exact) mass is 543 g/mol. The fourth-order valence-corrected chi connectivity index (χ4v) is 4.66. The Morgan fingerprint density at radius 3 is 1.87 bits per heavy atom. The third kappa shape index (κ3) is 6.56. The maximum absolute atomic E-state index is 13.1. The van der Waals surface area contributed by atoms with E-state index in [9.17, 15) is 23.1 Å². The SMILES string of the molecule is CC(=O)Nc1ccc(S(=O)(=O)Oc2ccc(C=NNC(=O)C(O)(c3ccccc3)c3ccccc3)cc2)cc1. The molecular formula is C29H25N3O6S. The number of nitrogens with one attached hydrogen (secondary N) is 2. The van der Waals surface area contributed by atoms with E-state index in [1.54, 1.807) is 72.8 Å². The van der Waals surface area contributed by atoms with E-state index in [0.717, 1.165) is 0 Å². The molecule has 0 bridgehead atoms. The Morgan fingerprint density at radius 1 is 0.821 bits per heavy atom. The molecule has 0 spiro atoms. The number of aliphatic hydroxyl groups is 1. The molecule has 39 heavy (non-hydrogen) atoms. The van der Waals surface area contributed by atoms with E-state index in [-0.39, 0.29) is 16.6 Å². The summed E-state index contributed by atoms with van der Waals surface area (Å²) in [5.74, 6) is -0.940. The molecular weight excluding hydrogens is 518 g/mol. The molecule has 198 valence electrons.